The summed E-state index contributed by atoms with van der Waals surface area (Å²) in [4.78, 5) is 12.2. The normalized spacial score (nSPS) is 10.5. The fourth-order valence-electron chi connectivity index (χ4n) is 1.62. The van der Waals surface area contributed by atoms with Crippen LogP contribution < -0.4 is 5.32 Å². The minimum atomic E-state index is -0.233. The van der Waals surface area contributed by atoms with Crippen molar-refractivity contribution in [1.29, 1.82) is 0 Å². The Labute approximate surface area is 128 Å². The van der Waals surface area contributed by atoms with Gasteiger partial charge in [0.15, 0.2) is 5.69 Å². The van der Waals surface area contributed by atoms with Crippen LogP contribution in [-0.2, 0) is 6.54 Å². The number of aryl methyl sites for hydroxylation is 2. The van der Waals surface area contributed by atoms with Crippen LogP contribution in [-0.4, -0.2) is 15.7 Å². The molecule has 1 amide bonds. The molecule has 6 heteroatoms. The fourth-order valence-corrected chi connectivity index (χ4v) is 2.70. The number of hydrogen-bond acceptors (Lipinski definition) is 2. The number of hydrogen-bond donors (Lipinski definition) is 1. The Morgan fingerprint density at radius 3 is 2.68 bits per heavy atom. The number of aromatic nitrogens is 2. The number of nitrogens with one attached hydrogen (secondary N) is 1. The lowest BCUT2D eigenvalue weighted by atomic mass is 10.2. The first-order chi connectivity index (χ1) is 9.01. The van der Waals surface area contributed by atoms with Gasteiger partial charge in [-0.15, -0.1) is 0 Å². The number of carbonyl (C=O) groups is 1. The topological polar surface area (TPSA) is 46.9 Å². The van der Waals surface area contributed by atoms with Gasteiger partial charge < -0.3 is 5.32 Å². The molecule has 0 unspecified atom stereocenters. The molecule has 2 aromatic rings. The molecular formula is C13H13Br2N3O. The first kappa shape index (κ1) is 14.3. The van der Waals surface area contributed by atoms with E-state index in [-0.39, 0.29) is 5.91 Å². The first-order valence-corrected chi connectivity index (χ1v) is 7.40. The molecule has 100 valence electrons. The van der Waals surface area contributed by atoms with Crippen LogP contribution in [0.25, 0.3) is 0 Å². The molecule has 1 aromatic heterocycles. The minimum Gasteiger partial charge on any atom is -0.320 e. The number of amides is 1. The molecule has 0 atom stereocenters. The average molecular weight is 387 g/mol. The van der Waals surface area contributed by atoms with Gasteiger partial charge in [-0.2, -0.15) is 5.10 Å². The summed E-state index contributed by atoms with van der Waals surface area (Å²) in [6.07, 6.45) is 1.79. The van der Waals surface area contributed by atoms with E-state index in [1.807, 2.05) is 32.0 Å². The third kappa shape index (κ3) is 3.25. The maximum Gasteiger partial charge on any atom is 0.277 e. The predicted molar refractivity (Wildman–Crippen MR) is 82.4 cm³/mol. The van der Waals surface area contributed by atoms with E-state index in [4.69, 9.17) is 0 Å². The second-order valence-electron chi connectivity index (χ2n) is 4.12. The molecule has 0 spiro atoms. The van der Waals surface area contributed by atoms with Crippen molar-refractivity contribution < 1.29 is 4.79 Å². The average Bonchev–Trinajstić information content (AvgIpc) is 2.74. The second-order valence-corrected chi connectivity index (χ2v) is 5.83. The van der Waals surface area contributed by atoms with Crippen LogP contribution in [0.15, 0.2) is 33.3 Å². The third-order valence-electron chi connectivity index (χ3n) is 2.63. The summed E-state index contributed by atoms with van der Waals surface area (Å²) in [5, 5.41) is 7.05. The second kappa shape index (κ2) is 5.88. The fraction of sp³-hybridized carbons (Fsp3) is 0.231. The summed E-state index contributed by atoms with van der Waals surface area (Å²) < 4.78 is 3.25. The van der Waals surface area contributed by atoms with Crippen LogP contribution in [0, 0.1) is 6.92 Å². The van der Waals surface area contributed by atoms with E-state index in [2.05, 4.69) is 42.3 Å². The van der Waals surface area contributed by atoms with Crippen LogP contribution >= 0.6 is 31.9 Å². The molecule has 0 aliphatic carbocycles. The van der Waals surface area contributed by atoms with Crippen molar-refractivity contribution in [3.05, 3.63) is 44.6 Å². The Morgan fingerprint density at radius 2 is 2.11 bits per heavy atom. The van der Waals surface area contributed by atoms with Crippen molar-refractivity contribution in [2.24, 2.45) is 0 Å². The molecule has 19 heavy (non-hydrogen) atoms. The molecule has 4 nitrogen and oxygen atoms in total. The van der Waals surface area contributed by atoms with Crippen LogP contribution in [0.2, 0.25) is 0 Å². The molecule has 0 aliphatic heterocycles. The quantitative estimate of drug-likeness (QED) is 0.866. The molecule has 1 aromatic carbocycles. The van der Waals surface area contributed by atoms with E-state index in [9.17, 15) is 4.79 Å². The van der Waals surface area contributed by atoms with E-state index in [0.29, 0.717) is 10.2 Å². The molecule has 1 N–H and O–H groups in total. The molecule has 1 heterocycles. The molecule has 0 bridgehead atoms. The number of rotatable bonds is 3. The van der Waals surface area contributed by atoms with E-state index in [1.165, 1.54) is 0 Å². The van der Waals surface area contributed by atoms with Gasteiger partial charge in [-0.25, -0.2) is 0 Å². The Hall–Kier alpha value is -1.14. The zero-order valence-corrected chi connectivity index (χ0v) is 13.7. The number of halogens is 2. The number of anilines is 1. The zero-order valence-electron chi connectivity index (χ0n) is 10.6. The summed E-state index contributed by atoms with van der Waals surface area (Å²) in [5.41, 5.74) is 2.24. The van der Waals surface area contributed by atoms with Crippen molar-refractivity contribution in [3.63, 3.8) is 0 Å². The van der Waals surface area contributed by atoms with Crippen molar-refractivity contribution in [1.82, 2.24) is 9.78 Å². The van der Waals surface area contributed by atoms with Crippen molar-refractivity contribution in [3.8, 4) is 0 Å². The van der Waals surface area contributed by atoms with Crippen molar-refractivity contribution in [2.75, 3.05) is 5.32 Å². The molecule has 0 saturated heterocycles. The highest BCUT2D eigenvalue weighted by atomic mass is 79.9. The van der Waals surface area contributed by atoms with Gasteiger partial charge >= 0.3 is 0 Å². The maximum absolute atomic E-state index is 12.2. The predicted octanol–water partition coefficient (Wildman–Crippen LogP) is 3.99. The summed E-state index contributed by atoms with van der Waals surface area (Å²) in [6.45, 7) is 4.69. The number of nitrogens with zero attached hydrogens (tertiary/aromatic N) is 2. The van der Waals surface area contributed by atoms with Crippen molar-refractivity contribution in [2.45, 2.75) is 20.4 Å². The molecule has 0 aliphatic rings. The number of carbonyl (C=O) groups excluding carboxylic acids is 1. The smallest absolute Gasteiger partial charge is 0.277 e. The van der Waals surface area contributed by atoms with Gasteiger partial charge in [0.05, 0.1) is 10.2 Å². The van der Waals surface area contributed by atoms with E-state index in [0.717, 1.165) is 22.3 Å². The van der Waals surface area contributed by atoms with Crippen molar-refractivity contribution >= 4 is 43.5 Å². The summed E-state index contributed by atoms with van der Waals surface area (Å²) in [5.74, 6) is -0.233. The SMILES string of the molecule is CCn1cc(Br)c(C(=O)Nc2ccc(C)cc2Br)n1. The maximum atomic E-state index is 12.2. The molecule has 0 radical (unpaired) electrons. The van der Waals surface area contributed by atoms with Gasteiger partial charge in [0.1, 0.15) is 0 Å². The molecule has 0 saturated carbocycles. The van der Waals surface area contributed by atoms with Gasteiger partial charge in [0.2, 0.25) is 0 Å². The Morgan fingerprint density at radius 1 is 1.37 bits per heavy atom. The van der Waals surface area contributed by atoms with Gasteiger partial charge in [0.25, 0.3) is 5.91 Å². The van der Waals surface area contributed by atoms with Gasteiger partial charge in [-0.1, -0.05) is 6.07 Å². The Balaban J connectivity index is 2.23. The number of benzene rings is 1. The van der Waals surface area contributed by atoms with Gasteiger partial charge in [-0.05, 0) is 63.4 Å². The third-order valence-corrected chi connectivity index (χ3v) is 3.87. The zero-order chi connectivity index (χ0) is 14.0. The standard InChI is InChI=1S/C13H13Br2N3O/c1-3-18-7-10(15)12(17-18)13(19)16-11-5-4-8(2)6-9(11)14/h4-7H,3H2,1-2H3,(H,16,19). The lowest BCUT2D eigenvalue weighted by Gasteiger charge is -2.07. The summed E-state index contributed by atoms with van der Waals surface area (Å²) >= 11 is 6.78. The van der Waals surface area contributed by atoms with Crippen LogP contribution in [0.3, 0.4) is 0 Å². The van der Waals surface area contributed by atoms with E-state index in [1.54, 1.807) is 10.9 Å². The highest BCUT2D eigenvalue weighted by Crippen LogP contribution is 2.24. The summed E-state index contributed by atoms with van der Waals surface area (Å²) in [7, 11) is 0. The van der Waals surface area contributed by atoms with Gasteiger partial charge in [0, 0.05) is 17.2 Å². The Bertz CT molecular complexity index is 622. The van der Waals surface area contributed by atoms with Gasteiger partial charge in [-0.3, -0.25) is 9.48 Å². The summed E-state index contributed by atoms with van der Waals surface area (Å²) in [6, 6.07) is 5.76. The minimum absolute atomic E-state index is 0.233. The molecule has 0 fully saturated rings. The Kier molecular flexibility index (Phi) is 4.42. The molecular weight excluding hydrogens is 374 g/mol. The van der Waals surface area contributed by atoms with Crippen LogP contribution in [0.4, 0.5) is 5.69 Å². The van der Waals surface area contributed by atoms with E-state index >= 15 is 0 Å². The lowest BCUT2D eigenvalue weighted by molar-refractivity contribution is 0.102. The highest BCUT2D eigenvalue weighted by Gasteiger charge is 2.15. The first-order valence-electron chi connectivity index (χ1n) is 5.81. The monoisotopic (exact) mass is 385 g/mol. The van der Waals surface area contributed by atoms with Crippen LogP contribution in [0.5, 0.6) is 0 Å². The lowest BCUT2D eigenvalue weighted by Crippen LogP contribution is -2.14. The van der Waals surface area contributed by atoms with Crippen LogP contribution in [0.1, 0.15) is 23.0 Å². The highest BCUT2D eigenvalue weighted by molar-refractivity contribution is 9.11. The largest absolute Gasteiger partial charge is 0.320 e. The molecule has 2 rings (SSSR count). The van der Waals surface area contributed by atoms with E-state index < -0.39 is 0 Å².